The summed E-state index contributed by atoms with van der Waals surface area (Å²) in [6.45, 7) is 1.98. The van der Waals surface area contributed by atoms with Crippen LogP contribution in [0.3, 0.4) is 0 Å². The highest BCUT2D eigenvalue weighted by Crippen LogP contribution is 2.38. The Hall–Kier alpha value is -3.62. The molecule has 0 amide bonds. The quantitative estimate of drug-likeness (QED) is 0.231. The molecule has 11 heteroatoms. The van der Waals surface area contributed by atoms with E-state index in [0.717, 1.165) is 34.3 Å². The summed E-state index contributed by atoms with van der Waals surface area (Å²) >= 11 is 0. The van der Waals surface area contributed by atoms with Crippen molar-refractivity contribution in [3.8, 4) is 11.8 Å². The van der Waals surface area contributed by atoms with E-state index in [1.165, 1.54) is 27.0 Å². The first kappa shape index (κ1) is 24.0. The van der Waals surface area contributed by atoms with Crippen LogP contribution in [-0.4, -0.2) is 40.7 Å². The molecule has 2 heterocycles. The van der Waals surface area contributed by atoms with Gasteiger partial charge < -0.3 is 20.7 Å². The van der Waals surface area contributed by atoms with Gasteiger partial charge in [-0.2, -0.15) is 0 Å². The van der Waals surface area contributed by atoms with Crippen molar-refractivity contribution in [2.75, 3.05) is 29.2 Å². The normalized spacial score (nSPS) is 11.5. The Bertz CT molecular complexity index is 1250. The molecule has 0 aliphatic rings. The first-order valence-corrected chi connectivity index (χ1v) is 9.70. The van der Waals surface area contributed by atoms with Gasteiger partial charge in [-0.05, 0) is 38.1 Å². The summed E-state index contributed by atoms with van der Waals surface area (Å²) in [5.74, 6) is 9.16. The van der Waals surface area contributed by atoms with E-state index in [-0.39, 0.29) is 39.5 Å². The van der Waals surface area contributed by atoms with E-state index >= 15 is 0 Å². The van der Waals surface area contributed by atoms with E-state index in [1.54, 1.807) is 0 Å². The van der Waals surface area contributed by atoms with Crippen LogP contribution in [-0.2, 0) is 0 Å². The van der Waals surface area contributed by atoms with E-state index in [4.69, 9.17) is 11.6 Å². The Morgan fingerprint density at radius 1 is 1.15 bits per heavy atom. The van der Waals surface area contributed by atoms with Gasteiger partial charge >= 0.3 is 0 Å². The molecule has 0 atom stereocenters. The fraction of sp³-hybridized carbons (Fsp3) is 0.273. The second kappa shape index (κ2) is 9.09. The number of aliphatic hydroxyl groups is 1. The number of halogens is 4. The van der Waals surface area contributed by atoms with Crippen LogP contribution in [0, 0.1) is 23.5 Å². The minimum atomic E-state index is -2.87. The second-order valence-corrected chi connectivity index (χ2v) is 7.84. The van der Waals surface area contributed by atoms with Gasteiger partial charge in [0.2, 0.25) is 0 Å². The molecule has 0 saturated carbocycles. The first-order valence-electron chi connectivity index (χ1n) is 9.70. The smallest absolute Gasteiger partial charge is 0.256 e. The third kappa shape index (κ3) is 5.60. The standard InChI is InChI=1S/C22H22F4N6O/c1-22(2,33)5-4-12-6-13(23)8-15(7-12)32(11-17(25)26)21-16-9-14(24)10-29-18(16)19(31(3)28)20(27)30-21/h6-10,17,33H,11,28H2,1-3H3,(H2,27,30). The molecule has 0 aliphatic carbocycles. The number of pyridine rings is 2. The zero-order valence-electron chi connectivity index (χ0n) is 18.1. The molecule has 3 aromatic rings. The van der Waals surface area contributed by atoms with Gasteiger partial charge in [0, 0.05) is 23.7 Å². The maximum Gasteiger partial charge on any atom is 0.256 e. The maximum atomic E-state index is 14.4. The number of nitrogens with two attached hydrogens (primary N) is 2. The van der Waals surface area contributed by atoms with Crippen LogP contribution in [0.5, 0.6) is 0 Å². The Morgan fingerprint density at radius 2 is 1.85 bits per heavy atom. The monoisotopic (exact) mass is 462 g/mol. The minimum absolute atomic E-state index is 0.0262. The predicted octanol–water partition coefficient (Wildman–Crippen LogP) is 3.33. The molecule has 0 radical (unpaired) electrons. The number of alkyl halides is 2. The van der Waals surface area contributed by atoms with Crippen molar-refractivity contribution in [2.24, 2.45) is 5.84 Å². The number of aromatic nitrogens is 2. The van der Waals surface area contributed by atoms with Crippen LogP contribution in [0.25, 0.3) is 10.9 Å². The number of nitrogen functional groups attached to an aromatic ring is 1. The summed E-state index contributed by atoms with van der Waals surface area (Å²) in [5.41, 5.74) is 5.07. The average Bonchev–Trinajstić information content (AvgIpc) is 2.69. The van der Waals surface area contributed by atoms with Crippen LogP contribution in [0.4, 0.5) is 40.6 Å². The molecule has 0 fully saturated rings. The number of benzene rings is 1. The molecule has 33 heavy (non-hydrogen) atoms. The van der Waals surface area contributed by atoms with Crippen molar-refractivity contribution in [3.63, 3.8) is 0 Å². The highest BCUT2D eigenvalue weighted by molar-refractivity contribution is 6.02. The van der Waals surface area contributed by atoms with Crippen LogP contribution in [0.2, 0.25) is 0 Å². The van der Waals surface area contributed by atoms with E-state index in [0.29, 0.717) is 0 Å². The van der Waals surface area contributed by atoms with E-state index in [2.05, 4.69) is 21.8 Å². The van der Waals surface area contributed by atoms with Crippen molar-refractivity contribution >= 4 is 33.9 Å². The summed E-state index contributed by atoms with van der Waals surface area (Å²) < 4.78 is 55.6. The fourth-order valence-corrected chi connectivity index (χ4v) is 3.18. The largest absolute Gasteiger partial charge is 0.382 e. The van der Waals surface area contributed by atoms with Gasteiger partial charge in [0.25, 0.3) is 6.43 Å². The maximum absolute atomic E-state index is 14.4. The van der Waals surface area contributed by atoms with Crippen molar-refractivity contribution in [1.82, 2.24) is 9.97 Å². The van der Waals surface area contributed by atoms with Gasteiger partial charge in [-0.25, -0.2) is 28.4 Å². The fourth-order valence-electron chi connectivity index (χ4n) is 3.18. The Labute approximate surface area is 187 Å². The number of anilines is 4. The van der Waals surface area contributed by atoms with Gasteiger partial charge in [-0.15, -0.1) is 0 Å². The topological polar surface area (TPSA) is 105 Å². The van der Waals surface area contributed by atoms with Crippen LogP contribution in [0.15, 0.2) is 30.5 Å². The lowest BCUT2D eigenvalue weighted by Crippen LogP contribution is -2.29. The number of hydrogen-bond acceptors (Lipinski definition) is 7. The molecule has 174 valence electrons. The molecule has 0 bridgehead atoms. The number of hydrogen-bond donors (Lipinski definition) is 3. The summed E-state index contributed by atoms with van der Waals surface area (Å²) in [6.07, 6.45) is -1.93. The summed E-state index contributed by atoms with van der Waals surface area (Å²) in [7, 11) is 1.47. The summed E-state index contributed by atoms with van der Waals surface area (Å²) in [5, 5.41) is 11.0. The third-order valence-corrected chi connectivity index (χ3v) is 4.42. The van der Waals surface area contributed by atoms with Gasteiger partial charge in [0.05, 0.1) is 12.7 Å². The molecule has 7 nitrogen and oxygen atoms in total. The Kier molecular flexibility index (Phi) is 6.62. The number of rotatable bonds is 5. The van der Waals surface area contributed by atoms with Gasteiger partial charge in [-0.1, -0.05) is 11.8 Å². The van der Waals surface area contributed by atoms with Crippen LogP contribution in [0.1, 0.15) is 19.4 Å². The Morgan fingerprint density at radius 3 is 2.45 bits per heavy atom. The zero-order valence-corrected chi connectivity index (χ0v) is 18.1. The zero-order chi connectivity index (χ0) is 24.5. The van der Waals surface area contributed by atoms with Crippen molar-refractivity contribution < 1.29 is 22.7 Å². The molecule has 0 saturated heterocycles. The lowest BCUT2D eigenvalue weighted by molar-refractivity contribution is 0.143. The number of fused-ring (bicyclic) bond motifs is 1. The van der Waals surface area contributed by atoms with Crippen molar-refractivity contribution in [1.29, 1.82) is 0 Å². The summed E-state index contributed by atoms with van der Waals surface area (Å²) in [6, 6.07) is 4.51. The lowest BCUT2D eigenvalue weighted by atomic mass is 10.1. The molecule has 1 aromatic carbocycles. The highest BCUT2D eigenvalue weighted by Gasteiger charge is 2.24. The van der Waals surface area contributed by atoms with Crippen LogP contribution >= 0.6 is 0 Å². The van der Waals surface area contributed by atoms with Crippen LogP contribution < -0.4 is 21.5 Å². The number of hydrazine groups is 1. The molecule has 5 N–H and O–H groups in total. The van der Waals surface area contributed by atoms with Gasteiger partial charge in [0.15, 0.2) is 5.82 Å². The van der Waals surface area contributed by atoms with Gasteiger partial charge in [-0.3, -0.25) is 4.98 Å². The minimum Gasteiger partial charge on any atom is -0.382 e. The van der Waals surface area contributed by atoms with E-state index < -0.39 is 30.2 Å². The molecule has 3 rings (SSSR count). The van der Waals surface area contributed by atoms with E-state index in [1.807, 2.05) is 0 Å². The highest BCUT2D eigenvalue weighted by atomic mass is 19.3. The Balaban J connectivity index is 2.29. The molecule has 0 aliphatic heterocycles. The SMILES string of the molecule is CN(N)c1c(N)nc(N(CC(F)F)c2cc(F)cc(C#CC(C)(C)O)c2)c2cc(F)cnc12. The van der Waals surface area contributed by atoms with Crippen molar-refractivity contribution in [2.45, 2.75) is 25.9 Å². The number of nitrogens with zero attached hydrogens (tertiary/aromatic N) is 4. The van der Waals surface area contributed by atoms with E-state index in [9.17, 15) is 22.7 Å². The van der Waals surface area contributed by atoms with Crippen molar-refractivity contribution in [3.05, 3.63) is 47.7 Å². The molecular weight excluding hydrogens is 440 g/mol. The molecule has 0 spiro atoms. The molecule has 0 unspecified atom stereocenters. The second-order valence-electron chi connectivity index (χ2n) is 7.84. The molecule has 2 aromatic heterocycles. The van der Waals surface area contributed by atoms with Gasteiger partial charge in [0.1, 0.15) is 34.3 Å². The predicted molar refractivity (Wildman–Crippen MR) is 119 cm³/mol. The molecular formula is C22H22F4N6O. The summed E-state index contributed by atoms with van der Waals surface area (Å²) in [4.78, 5) is 9.20. The average molecular weight is 462 g/mol. The first-order chi connectivity index (χ1) is 15.4. The lowest BCUT2D eigenvalue weighted by Gasteiger charge is -2.27. The third-order valence-electron chi connectivity index (χ3n) is 4.42.